The van der Waals surface area contributed by atoms with Gasteiger partial charge >= 0.3 is 0 Å². The van der Waals surface area contributed by atoms with Crippen molar-refractivity contribution < 1.29 is 9.84 Å². The van der Waals surface area contributed by atoms with Crippen molar-refractivity contribution in [3.63, 3.8) is 0 Å². The highest BCUT2D eigenvalue weighted by Crippen LogP contribution is 2.37. The molecule has 2 rings (SSSR count). The summed E-state index contributed by atoms with van der Waals surface area (Å²) < 4.78 is 6.21. The zero-order valence-electron chi connectivity index (χ0n) is 12.9. The molecular formula is C18H22ClNO2. The number of ether oxygens (including phenoxy) is 1. The molecule has 2 N–H and O–H groups in total. The molecule has 0 heterocycles. The molecule has 0 saturated carbocycles. The van der Waals surface area contributed by atoms with Crippen molar-refractivity contribution in [3.8, 4) is 0 Å². The smallest absolute Gasteiger partial charge is 0.115 e. The number of aliphatic hydroxyl groups is 1. The minimum absolute atomic E-state index is 0.00596. The van der Waals surface area contributed by atoms with Crippen LogP contribution in [0.25, 0.3) is 0 Å². The minimum atomic E-state index is -0.535. The predicted molar refractivity (Wildman–Crippen MR) is 91.2 cm³/mol. The average Bonchev–Trinajstić information content (AvgIpc) is 2.73. The Labute approximate surface area is 136 Å². The Kier molecular flexibility index (Phi) is 5.83. The molecule has 0 aliphatic heterocycles. The van der Waals surface area contributed by atoms with E-state index in [1.54, 1.807) is 12.2 Å². The van der Waals surface area contributed by atoms with Gasteiger partial charge in [0.25, 0.3) is 0 Å². The van der Waals surface area contributed by atoms with Crippen molar-refractivity contribution in [1.82, 2.24) is 5.32 Å². The summed E-state index contributed by atoms with van der Waals surface area (Å²) >= 11 is 6.00. The predicted octanol–water partition coefficient (Wildman–Crippen LogP) is 3.98. The zero-order valence-corrected chi connectivity index (χ0v) is 13.7. The van der Waals surface area contributed by atoms with E-state index in [9.17, 15) is 5.11 Å². The van der Waals surface area contributed by atoms with Crippen LogP contribution in [0.4, 0.5) is 0 Å². The first-order valence-electron chi connectivity index (χ1n) is 7.36. The Balaban J connectivity index is 2.32. The maximum Gasteiger partial charge on any atom is 0.115 e. The SMILES string of the molecule is CNCCOC(C)(c1ccc(Cl)cc1)C1C=CC=C(O)C=C1. The minimum Gasteiger partial charge on any atom is -0.508 e. The second-order valence-electron chi connectivity index (χ2n) is 5.43. The first-order chi connectivity index (χ1) is 10.6. The number of aliphatic hydroxyl groups excluding tert-OH is 1. The maximum absolute atomic E-state index is 9.65. The number of hydrogen-bond donors (Lipinski definition) is 2. The molecule has 0 aromatic heterocycles. The summed E-state index contributed by atoms with van der Waals surface area (Å²) in [6, 6.07) is 7.72. The molecule has 1 aromatic carbocycles. The van der Waals surface area contributed by atoms with E-state index in [1.807, 2.05) is 49.5 Å². The topological polar surface area (TPSA) is 41.5 Å². The van der Waals surface area contributed by atoms with Gasteiger partial charge in [0, 0.05) is 17.5 Å². The highest BCUT2D eigenvalue weighted by molar-refractivity contribution is 6.30. The fourth-order valence-electron chi connectivity index (χ4n) is 2.48. The van der Waals surface area contributed by atoms with Gasteiger partial charge in [-0.1, -0.05) is 42.0 Å². The molecule has 0 amide bonds. The lowest BCUT2D eigenvalue weighted by Crippen LogP contribution is -2.35. The van der Waals surface area contributed by atoms with Crippen LogP contribution in [0, 0.1) is 5.92 Å². The van der Waals surface area contributed by atoms with Gasteiger partial charge in [0.05, 0.1) is 6.61 Å². The van der Waals surface area contributed by atoms with Gasteiger partial charge in [-0.2, -0.15) is 0 Å². The van der Waals surface area contributed by atoms with E-state index in [4.69, 9.17) is 16.3 Å². The van der Waals surface area contributed by atoms with Gasteiger partial charge in [-0.3, -0.25) is 0 Å². The van der Waals surface area contributed by atoms with Crippen LogP contribution in [0.5, 0.6) is 0 Å². The van der Waals surface area contributed by atoms with E-state index in [2.05, 4.69) is 12.2 Å². The van der Waals surface area contributed by atoms with Gasteiger partial charge in [0.1, 0.15) is 11.4 Å². The molecule has 1 aliphatic rings. The normalized spacial score (nSPS) is 20.3. The molecule has 0 saturated heterocycles. The summed E-state index contributed by atoms with van der Waals surface area (Å²) in [4.78, 5) is 0. The summed E-state index contributed by atoms with van der Waals surface area (Å²) in [5.74, 6) is 0.249. The molecule has 0 spiro atoms. The molecule has 1 aromatic rings. The van der Waals surface area contributed by atoms with Gasteiger partial charge in [0.2, 0.25) is 0 Å². The van der Waals surface area contributed by atoms with Gasteiger partial charge in [-0.15, -0.1) is 0 Å². The van der Waals surface area contributed by atoms with E-state index in [0.29, 0.717) is 11.6 Å². The molecule has 4 heteroatoms. The van der Waals surface area contributed by atoms with Crippen LogP contribution >= 0.6 is 11.6 Å². The molecule has 22 heavy (non-hydrogen) atoms. The van der Waals surface area contributed by atoms with Gasteiger partial charge in [-0.25, -0.2) is 0 Å². The van der Waals surface area contributed by atoms with Crippen molar-refractivity contribution in [2.24, 2.45) is 5.92 Å². The molecule has 0 radical (unpaired) electrons. The molecular weight excluding hydrogens is 298 g/mol. The van der Waals surface area contributed by atoms with Crippen molar-refractivity contribution in [2.45, 2.75) is 12.5 Å². The van der Waals surface area contributed by atoms with Gasteiger partial charge < -0.3 is 15.2 Å². The Morgan fingerprint density at radius 1 is 1.27 bits per heavy atom. The number of hydrogen-bond acceptors (Lipinski definition) is 3. The van der Waals surface area contributed by atoms with Crippen LogP contribution in [0.1, 0.15) is 12.5 Å². The number of benzene rings is 1. The van der Waals surface area contributed by atoms with Crippen LogP contribution in [-0.2, 0) is 10.3 Å². The van der Waals surface area contributed by atoms with Crippen molar-refractivity contribution in [1.29, 1.82) is 0 Å². The highest BCUT2D eigenvalue weighted by Gasteiger charge is 2.34. The summed E-state index contributed by atoms with van der Waals surface area (Å²) in [7, 11) is 1.90. The third-order valence-corrected chi connectivity index (χ3v) is 4.12. The monoisotopic (exact) mass is 319 g/mol. The number of halogens is 1. The lowest BCUT2D eigenvalue weighted by molar-refractivity contribution is -0.0531. The number of nitrogens with one attached hydrogen (secondary N) is 1. The van der Waals surface area contributed by atoms with Crippen molar-refractivity contribution >= 4 is 11.6 Å². The fraction of sp³-hybridized carbons (Fsp3) is 0.333. The zero-order chi connectivity index (χ0) is 16.0. The summed E-state index contributed by atoms with van der Waals surface area (Å²) in [6.07, 6.45) is 9.24. The highest BCUT2D eigenvalue weighted by atomic mass is 35.5. The third-order valence-electron chi connectivity index (χ3n) is 3.87. The van der Waals surface area contributed by atoms with E-state index in [-0.39, 0.29) is 11.7 Å². The molecule has 118 valence electrons. The van der Waals surface area contributed by atoms with E-state index in [0.717, 1.165) is 12.1 Å². The molecule has 2 unspecified atom stereocenters. The van der Waals surface area contributed by atoms with E-state index >= 15 is 0 Å². The van der Waals surface area contributed by atoms with Crippen LogP contribution in [0.15, 0.2) is 60.4 Å². The van der Waals surface area contributed by atoms with Gasteiger partial charge in [0.15, 0.2) is 0 Å². The Morgan fingerprint density at radius 2 is 2.00 bits per heavy atom. The van der Waals surface area contributed by atoms with Crippen LogP contribution in [0.3, 0.4) is 0 Å². The first-order valence-corrected chi connectivity index (χ1v) is 7.74. The molecule has 0 fully saturated rings. The Morgan fingerprint density at radius 3 is 2.68 bits per heavy atom. The van der Waals surface area contributed by atoms with E-state index in [1.165, 1.54) is 0 Å². The third kappa shape index (κ3) is 4.01. The number of rotatable bonds is 6. The Hall–Kier alpha value is -1.55. The first kappa shape index (κ1) is 16.8. The number of likely N-dealkylation sites (N-methyl/N-ethyl adjacent to an activating group) is 1. The summed E-state index contributed by atoms with van der Waals surface area (Å²) in [5, 5.41) is 13.4. The second-order valence-corrected chi connectivity index (χ2v) is 5.86. The Bertz CT molecular complexity index is 577. The molecule has 1 aliphatic carbocycles. The van der Waals surface area contributed by atoms with Crippen molar-refractivity contribution in [3.05, 3.63) is 71.0 Å². The molecule has 3 nitrogen and oxygen atoms in total. The molecule has 0 bridgehead atoms. The van der Waals surface area contributed by atoms with E-state index < -0.39 is 5.60 Å². The lowest BCUT2D eigenvalue weighted by atomic mass is 9.82. The summed E-state index contributed by atoms with van der Waals surface area (Å²) in [6.45, 7) is 3.42. The fourth-order valence-corrected chi connectivity index (χ4v) is 2.61. The second kappa shape index (κ2) is 7.63. The largest absolute Gasteiger partial charge is 0.508 e. The quantitative estimate of drug-likeness (QED) is 0.779. The average molecular weight is 320 g/mol. The van der Waals surface area contributed by atoms with Crippen LogP contribution < -0.4 is 5.32 Å². The standard InChI is InChI=1S/C18H22ClNO2/c1-18(22-13-12-20-2,15-6-9-16(19)10-7-15)14-4-3-5-17(21)11-8-14/h3-11,14,20-21H,12-13H2,1-2H3. The molecule has 2 atom stereocenters. The van der Waals surface area contributed by atoms with Gasteiger partial charge in [-0.05, 0) is 43.8 Å². The van der Waals surface area contributed by atoms with Crippen LogP contribution in [-0.4, -0.2) is 25.3 Å². The van der Waals surface area contributed by atoms with Crippen LogP contribution in [0.2, 0.25) is 5.02 Å². The maximum atomic E-state index is 9.65. The lowest BCUT2D eigenvalue weighted by Gasteiger charge is -2.35. The summed E-state index contributed by atoms with van der Waals surface area (Å²) in [5.41, 5.74) is 0.515. The van der Waals surface area contributed by atoms with Crippen molar-refractivity contribution in [2.75, 3.05) is 20.2 Å². The number of allylic oxidation sites excluding steroid dienone is 3.